The Bertz CT molecular complexity index is 711. The monoisotopic (exact) mass is 329 g/mol. The summed E-state index contributed by atoms with van der Waals surface area (Å²) in [5.74, 6) is -1.66. The van der Waals surface area contributed by atoms with E-state index in [-0.39, 0.29) is 32.8 Å². The maximum absolute atomic E-state index is 12.0. The molecule has 6 nitrogen and oxygen atoms in total. The molecule has 0 aliphatic heterocycles. The standard InChI is InChI=1S/C13H9Cl2NO5/c1-20-10-5-9(8(14)4-7(10)13(18)19)16-12(17)6-2-3-21-11(6)15/h2-5H,1H3,(H,16,17)(H,18,19). The molecule has 21 heavy (non-hydrogen) atoms. The molecule has 0 atom stereocenters. The second kappa shape index (κ2) is 6.07. The Hall–Kier alpha value is -2.18. The molecule has 0 aliphatic carbocycles. The molecule has 2 rings (SSSR count). The summed E-state index contributed by atoms with van der Waals surface area (Å²) in [4.78, 5) is 23.0. The smallest absolute Gasteiger partial charge is 0.339 e. The van der Waals surface area contributed by atoms with Gasteiger partial charge in [-0.3, -0.25) is 4.79 Å². The van der Waals surface area contributed by atoms with Gasteiger partial charge in [-0.1, -0.05) is 11.6 Å². The summed E-state index contributed by atoms with van der Waals surface area (Å²) in [7, 11) is 1.31. The van der Waals surface area contributed by atoms with Crippen LogP contribution < -0.4 is 10.1 Å². The van der Waals surface area contributed by atoms with E-state index in [2.05, 4.69) is 5.32 Å². The van der Waals surface area contributed by atoms with E-state index in [0.29, 0.717) is 0 Å². The molecule has 0 aliphatic rings. The van der Waals surface area contributed by atoms with Crippen molar-refractivity contribution in [3.05, 3.63) is 45.8 Å². The van der Waals surface area contributed by atoms with Crippen molar-refractivity contribution in [2.75, 3.05) is 12.4 Å². The molecule has 0 spiro atoms. The number of aromatic carboxylic acids is 1. The van der Waals surface area contributed by atoms with Gasteiger partial charge in [0.15, 0.2) is 0 Å². The molecule has 0 unspecified atom stereocenters. The van der Waals surface area contributed by atoms with E-state index in [4.69, 9.17) is 37.5 Å². The van der Waals surface area contributed by atoms with Crippen LogP contribution in [0.2, 0.25) is 10.2 Å². The van der Waals surface area contributed by atoms with Crippen LogP contribution in [0.1, 0.15) is 20.7 Å². The predicted molar refractivity (Wildman–Crippen MR) is 76.6 cm³/mol. The summed E-state index contributed by atoms with van der Waals surface area (Å²) in [6, 6.07) is 3.90. The van der Waals surface area contributed by atoms with Gasteiger partial charge >= 0.3 is 5.97 Å². The Kier molecular flexibility index (Phi) is 4.40. The first-order chi connectivity index (χ1) is 9.93. The molecule has 1 heterocycles. The maximum Gasteiger partial charge on any atom is 0.339 e. The van der Waals surface area contributed by atoms with Crippen molar-refractivity contribution in [1.82, 2.24) is 0 Å². The maximum atomic E-state index is 12.0. The van der Waals surface area contributed by atoms with Crippen LogP contribution in [-0.4, -0.2) is 24.1 Å². The first-order valence-electron chi connectivity index (χ1n) is 5.59. The summed E-state index contributed by atoms with van der Waals surface area (Å²) in [6.07, 6.45) is 1.27. The van der Waals surface area contributed by atoms with E-state index >= 15 is 0 Å². The highest BCUT2D eigenvalue weighted by atomic mass is 35.5. The third-order valence-corrected chi connectivity index (χ3v) is 3.24. The topological polar surface area (TPSA) is 88.8 Å². The van der Waals surface area contributed by atoms with E-state index < -0.39 is 11.9 Å². The van der Waals surface area contributed by atoms with Crippen molar-refractivity contribution < 1.29 is 23.8 Å². The molecule has 2 aromatic rings. The Morgan fingerprint density at radius 3 is 2.52 bits per heavy atom. The minimum atomic E-state index is -1.19. The third-order valence-electron chi connectivity index (χ3n) is 2.63. The molecule has 1 aromatic carbocycles. The zero-order valence-electron chi connectivity index (χ0n) is 10.6. The predicted octanol–water partition coefficient (Wildman–Crippen LogP) is 3.55. The lowest BCUT2D eigenvalue weighted by molar-refractivity contribution is 0.0693. The quantitative estimate of drug-likeness (QED) is 0.895. The molecule has 110 valence electrons. The van der Waals surface area contributed by atoms with Crippen molar-refractivity contribution in [3.63, 3.8) is 0 Å². The van der Waals surface area contributed by atoms with Gasteiger partial charge in [-0.2, -0.15) is 0 Å². The number of carboxylic acids is 1. The van der Waals surface area contributed by atoms with Gasteiger partial charge in [-0.15, -0.1) is 0 Å². The fourth-order valence-corrected chi connectivity index (χ4v) is 2.04. The number of ether oxygens (including phenoxy) is 1. The number of hydrogen-bond acceptors (Lipinski definition) is 4. The molecule has 0 bridgehead atoms. The van der Waals surface area contributed by atoms with Gasteiger partial charge in [0.2, 0.25) is 5.22 Å². The molecule has 0 saturated carbocycles. The Morgan fingerprint density at radius 2 is 2.00 bits per heavy atom. The molecule has 0 saturated heterocycles. The molecule has 1 aromatic heterocycles. The minimum absolute atomic E-state index is 0.0566. The van der Waals surface area contributed by atoms with Crippen LogP contribution in [0.15, 0.2) is 28.9 Å². The largest absolute Gasteiger partial charge is 0.496 e. The van der Waals surface area contributed by atoms with Crippen LogP contribution in [0.5, 0.6) is 5.75 Å². The second-order valence-electron chi connectivity index (χ2n) is 3.90. The number of rotatable bonds is 4. The van der Waals surface area contributed by atoms with Gasteiger partial charge in [0, 0.05) is 6.07 Å². The van der Waals surface area contributed by atoms with Crippen LogP contribution >= 0.6 is 23.2 Å². The number of halogens is 2. The van der Waals surface area contributed by atoms with E-state index in [1.165, 1.54) is 31.6 Å². The summed E-state index contributed by atoms with van der Waals surface area (Å²) < 4.78 is 9.78. The number of benzene rings is 1. The highest BCUT2D eigenvalue weighted by molar-refractivity contribution is 6.35. The number of nitrogens with one attached hydrogen (secondary N) is 1. The van der Waals surface area contributed by atoms with E-state index in [9.17, 15) is 9.59 Å². The molecule has 0 radical (unpaired) electrons. The number of amides is 1. The fourth-order valence-electron chi connectivity index (χ4n) is 1.63. The number of carboxylic acid groups (broad SMARTS) is 1. The number of carbonyl (C=O) groups is 2. The number of hydrogen-bond donors (Lipinski definition) is 2. The molecule has 2 N–H and O–H groups in total. The molecule has 1 amide bonds. The number of carbonyl (C=O) groups excluding carboxylic acids is 1. The van der Waals surface area contributed by atoms with Crippen LogP contribution in [0.25, 0.3) is 0 Å². The van der Waals surface area contributed by atoms with Gasteiger partial charge in [0.1, 0.15) is 11.3 Å². The average molecular weight is 330 g/mol. The Balaban J connectivity index is 2.35. The SMILES string of the molecule is COc1cc(NC(=O)c2ccoc2Cl)c(Cl)cc1C(=O)O. The molecule has 8 heteroatoms. The summed E-state index contributed by atoms with van der Waals surface area (Å²) in [5, 5.41) is 11.5. The van der Waals surface area contributed by atoms with Crippen molar-refractivity contribution in [2.24, 2.45) is 0 Å². The summed E-state index contributed by atoms with van der Waals surface area (Å²) in [6.45, 7) is 0. The van der Waals surface area contributed by atoms with Crippen molar-refractivity contribution in [2.45, 2.75) is 0 Å². The normalized spacial score (nSPS) is 10.2. The highest BCUT2D eigenvalue weighted by Gasteiger charge is 2.18. The summed E-state index contributed by atoms with van der Waals surface area (Å²) in [5.41, 5.74) is 0.219. The van der Waals surface area contributed by atoms with Gasteiger partial charge in [0.25, 0.3) is 5.91 Å². The Morgan fingerprint density at radius 1 is 1.29 bits per heavy atom. The van der Waals surface area contributed by atoms with Gasteiger partial charge in [-0.25, -0.2) is 4.79 Å². The van der Waals surface area contributed by atoms with Crippen LogP contribution in [0.4, 0.5) is 5.69 Å². The number of furan rings is 1. The first kappa shape index (κ1) is 15.2. The third kappa shape index (κ3) is 3.12. The summed E-state index contributed by atoms with van der Waals surface area (Å²) >= 11 is 11.7. The zero-order valence-corrected chi connectivity index (χ0v) is 12.2. The average Bonchev–Trinajstić information content (AvgIpc) is 2.86. The fraction of sp³-hybridized carbons (Fsp3) is 0.0769. The zero-order chi connectivity index (χ0) is 15.6. The molecular weight excluding hydrogens is 321 g/mol. The Labute approximate surface area is 129 Å². The molecular formula is C13H9Cl2NO5. The van der Waals surface area contributed by atoms with Crippen LogP contribution in [0, 0.1) is 0 Å². The number of anilines is 1. The first-order valence-corrected chi connectivity index (χ1v) is 6.34. The van der Waals surface area contributed by atoms with Crippen LogP contribution in [0.3, 0.4) is 0 Å². The highest BCUT2D eigenvalue weighted by Crippen LogP contribution is 2.31. The van der Waals surface area contributed by atoms with Crippen LogP contribution in [-0.2, 0) is 0 Å². The van der Waals surface area contributed by atoms with E-state index in [1.807, 2.05) is 0 Å². The van der Waals surface area contributed by atoms with Gasteiger partial charge in [-0.05, 0) is 23.7 Å². The van der Waals surface area contributed by atoms with E-state index in [1.54, 1.807) is 0 Å². The van der Waals surface area contributed by atoms with Crippen molar-refractivity contribution >= 4 is 40.8 Å². The van der Waals surface area contributed by atoms with E-state index in [0.717, 1.165) is 0 Å². The van der Waals surface area contributed by atoms with Gasteiger partial charge in [0.05, 0.1) is 29.6 Å². The van der Waals surface area contributed by atoms with Gasteiger partial charge < -0.3 is 19.6 Å². The van der Waals surface area contributed by atoms with Crippen molar-refractivity contribution in [1.29, 1.82) is 0 Å². The minimum Gasteiger partial charge on any atom is -0.496 e. The second-order valence-corrected chi connectivity index (χ2v) is 4.65. The lowest BCUT2D eigenvalue weighted by Crippen LogP contribution is -2.12. The number of methoxy groups -OCH3 is 1. The van der Waals surface area contributed by atoms with Crippen molar-refractivity contribution in [3.8, 4) is 5.75 Å². The molecule has 0 fully saturated rings. The lowest BCUT2D eigenvalue weighted by Gasteiger charge is -2.11. The lowest BCUT2D eigenvalue weighted by atomic mass is 10.1.